The predicted molar refractivity (Wildman–Crippen MR) is 78.1 cm³/mol. The second-order valence-corrected chi connectivity index (χ2v) is 5.24. The van der Waals surface area contributed by atoms with Crippen LogP contribution >= 0.6 is 23.2 Å². The second kappa shape index (κ2) is 6.10. The monoisotopic (exact) mass is 362 g/mol. The molecule has 23 heavy (non-hydrogen) atoms. The zero-order chi connectivity index (χ0) is 17.4. The van der Waals surface area contributed by atoms with E-state index in [2.05, 4.69) is 15.5 Å². The lowest BCUT2D eigenvalue weighted by Gasteiger charge is -2.11. The Hall–Kier alpha value is -2.24. The number of hydrogen-bond acceptors (Lipinski definition) is 3. The number of hydrogen-bond donors (Lipinski definition) is 2. The topological polar surface area (TPSA) is 81.6 Å². The molecular formula is C13H7Cl2F3N4O. The van der Waals surface area contributed by atoms with Crippen LogP contribution in [-0.4, -0.2) is 16.1 Å². The van der Waals surface area contributed by atoms with Crippen molar-refractivity contribution in [3.05, 3.63) is 33.3 Å². The van der Waals surface area contributed by atoms with Crippen molar-refractivity contribution in [2.24, 2.45) is 0 Å². The van der Waals surface area contributed by atoms with Crippen molar-refractivity contribution in [3.63, 3.8) is 0 Å². The first-order valence-electron chi connectivity index (χ1n) is 5.97. The van der Waals surface area contributed by atoms with E-state index in [-0.39, 0.29) is 32.7 Å². The summed E-state index contributed by atoms with van der Waals surface area (Å²) in [6, 6.07) is 3.18. The summed E-state index contributed by atoms with van der Waals surface area (Å²) < 4.78 is 38.2. The minimum Gasteiger partial charge on any atom is -0.310 e. The number of aromatic amines is 1. The lowest BCUT2D eigenvalue weighted by atomic mass is 10.1. The van der Waals surface area contributed by atoms with Crippen LogP contribution in [0.25, 0.3) is 11.3 Å². The number of alkyl halides is 3. The Balaban J connectivity index is 2.62. The van der Waals surface area contributed by atoms with Crippen LogP contribution in [0.4, 0.5) is 19.0 Å². The molecular weight excluding hydrogens is 356 g/mol. The molecule has 0 spiro atoms. The van der Waals surface area contributed by atoms with Crippen molar-refractivity contribution < 1.29 is 18.0 Å². The van der Waals surface area contributed by atoms with Crippen molar-refractivity contribution in [1.29, 1.82) is 5.26 Å². The second-order valence-electron chi connectivity index (χ2n) is 4.43. The summed E-state index contributed by atoms with van der Waals surface area (Å²) in [5, 5.41) is 17.1. The maximum absolute atomic E-state index is 12.7. The molecule has 1 amide bonds. The van der Waals surface area contributed by atoms with Crippen molar-refractivity contribution >= 4 is 34.9 Å². The Labute approximate surface area is 138 Å². The van der Waals surface area contributed by atoms with Crippen molar-refractivity contribution in [2.45, 2.75) is 13.1 Å². The van der Waals surface area contributed by atoms with Gasteiger partial charge in [0.05, 0.1) is 15.6 Å². The van der Waals surface area contributed by atoms with Gasteiger partial charge in [0.1, 0.15) is 23.1 Å². The fraction of sp³-hybridized carbons (Fsp3) is 0.154. The number of benzene rings is 1. The molecule has 0 bridgehead atoms. The van der Waals surface area contributed by atoms with Gasteiger partial charge in [-0.05, 0) is 12.1 Å². The fourth-order valence-electron chi connectivity index (χ4n) is 1.86. The number of anilines is 1. The molecule has 0 aliphatic carbocycles. The number of halogens is 5. The van der Waals surface area contributed by atoms with Crippen LogP contribution in [0.5, 0.6) is 0 Å². The molecule has 0 saturated heterocycles. The highest BCUT2D eigenvalue weighted by Crippen LogP contribution is 2.41. The van der Waals surface area contributed by atoms with Gasteiger partial charge in [0.15, 0.2) is 0 Å². The van der Waals surface area contributed by atoms with E-state index in [1.54, 1.807) is 6.07 Å². The first-order valence-corrected chi connectivity index (χ1v) is 6.73. The number of amides is 1. The van der Waals surface area contributed by atoms with E-state index in [1.807, 2.05) is 0 Å². The van der Waals surface area contributed by atoms with Crippen LogP contribution in [0.2, 0.25) is 10.0 Å². The van der Waals surface area contributed by atoms with Gasteiger partial charge in [0.25, 0.3) is 0 Å². The fourth-order valence-corrected chi connectivity index (χ4v) is 2.53. The number of carbonyl (C=O) groups is 1. The van der Waals surface area contributed by atoms with Crippen LogP contribution in [0.15, 0.2) is 12.1 Å². The summed E-state index contributed by atoms with van der Waals surface area (Å²) >= 11 is 11.8. The van der Waals surface area contributed by atoms with Crippen molar-refractivity contribution in [3.8, 4) is 17.3 Å². The van der Waals surface area contributed by atoms with Gasteiger partial charge in [-0.1, -0.05) is 23.2 Å². The summed E-state index contributed by atoms with van der Waals surface area (Å²) in [6.07, 6.45) is -4.61. The highest BCUT2D eigenvalue weighted by Gasteiger charge is 2.33. The third kappa shape index (κ3) is 3.41. The molecule has 10 heteroatoms. The molecule has 2 rings (SSSR count). The minimum atomic E-state index is -4.61. The molecule has 2 aromatic rings. The lowest BCUT2D eigenvalue weighted by Crippen LogP contribution is -2.07. The molecule has 0 radical (unpaired) electrons. The minimum absolute atomic E-state index is 0.00188. The molecule has 0 unspecified atom stereocenters. The first-order chi connectivity index (χ1) is 10.6. The summed E-state index contributed by atoms with van der Waals surface area (Å²) in [6.45, 7) is 1.22. The summed E-state index contributed by atoms with van der Waals surface area (Å²) in [4.78, 5) is 11.1. The standard InChI is InChI=1S/C13H7Cl2F3N4O/c1-5(23)20-12-7(4-19)11(21-22-12)10-8(14)2-6(3-9(10)15)13(16,17)18/h2-3H,1H3,(H2,20,21,22,23). The van der Waals surface area contributed by atoms with Gasteiger partial charge in [0, 0.05) is 12.5 Å². The number of nitrogens with zero attached hydrogens (tertiary/aromatic N) is 2. The van der Waals surface area contributed by atoms with Gasteiger partial charge in [0.2, 0.25) is 5.91 Å². The van der Waals surface area contributed by atoms with Gasteiger partial charge in [-0.2, -0.15) is 23.5 Å². The Morgan fingerprint density at radius 2 is 1.91 bits per heavy atom. The molecule has 120 valence electrons. The third-order valence-electron chi connectivity index (χ3n) is 2.79. The van der Waals surface area contributed by atoms with Crippen molar-refractivity contribution in [2.75, 3.05) is 5.32 Å². The van der Waals surface area contributed by atoms with E-state index in [4.69, 9.17) is 23.2 Å². The van der Waals surface area contributed by atoms with Crippen LogP contribution in [0, 0.1) is 11.3 Å². The molecule has 0 aliphatic heterocycles. The zero-order valence-electron chi connectivity index (χ0n) is 11.3. The van der Waals surface area contributed by atoms with E-state index in [9.17, 15) is 23.2 Å². The number of nitrogens with one attached hydrogen (secondary N) is 2. The van der Waals surface area contributed by atoms with E-state index < -0.39 is 17.6 Å². The van der Waals surface area contributed by atoms with Gasteiger partial charge in [-0.3, -0.25) is 9.89 Å². The lowest BCUT2D eigenvalue weighted by molar-refractivity contribution is -0.137. The average Bonchev–Trinajstić information content (AvgIpc) is 2.78. The molecule has 0 saturated carbocycles. The normalized spacial score (nSPS) is 11.2. The van der Waals surface area contributed by atoms with E-state index in [1.165, 1.54) is 6.92 Å². The molecule has 0 fully saturated rings. The van der Waals surface area contributed by atoms with E-state index in [0.717, 1.165) is 0 Å². The molecule has 2 N–H and O–H groups in total. The summed E-state index contributed by atoms with van der Waals surface area (Å²) in [5.41, 5.74) is -1.21. The van der Waals surface area contributed by atoms with Gasteiger partial charge >= 0.3 is 6.18 Å². The zero-order valence-corrected chi connectivity index (χ0v) is 12.9. The van der Waals surface area contributed by atoms with Crippen molar-refractivity contribution in [1.82, 2.24) is 10.2 Å². The Bertz CT molecular complexity index is 801. The Kier molecular flexibility index (Phi) is 4.54. The van der Waals surface area contributed by atoms with Gasteiger partial charge in [-0.25, -0.2) is 0 Å². The van der Waals surface area contributed by atoms with Gasteiger partial charge < -0.3 is 5.32 Å². The van der Waals surface area contributed by atoms with Crippen LogP contribution in [-0.2, 0) is 11.0 Å². The largest absolute Gasteiger partial charge is 0.416 e. The SMILES string of the molecule is CC(=O)Nc1[nH]nc(-c2c(Cl)cc(C(F)(F)F)cc2Cl)c1C#N. The average molecular weight is 363 g/mol. The highest BCUT2D eigenvalue weighted by atomic mass is 35.5. The van der Waals surface area contributed by atoms with Crippen LogP contribution < -0.4 is 5.32 Å². The van der Waals surface area contributed by atoms with E-state index >= 15 is 0 Å². The quantitative estimate of drug-likeness (QED) is 0.838. The number of nitriles is 1. The molecule has 1 aromatic heterocycles. The maximum atomic E-state index is 12.7. The Morgan fingerprint density at radius 1 is 1.35 bits per heavy atom. The predicted octanol–water partition coefficient (Wildman–Crippen LogP) is 4.23. The molecule has 0 atom stereocenters. The number of H-pyrrole nitrogens is 1. The maximum Gasteiger partial charge on any atom is 0.416 e. The molecule has 1 aromatic carbocycles. The molecule has 5 nitrogen and oxygen atoms in total. The first kappa shape index (κ1) is 17.1. The van der Waals surface area contributed by atoms with Crippen LogP contribution in [0.3, 0.4) is 0 Å². The van der Waals surface area contributed by atoms with Gasteiger partial charge in [-0.15, -0.1) is 0 Å². The number of rotatable bonds is 2. The molecule has 0 aliphatic rings. The van der Waals surface area contributed by atoms with Crippen LogP contribution in [0.1, 0.15) is 18.1 Å². The Morgan fingerprint density at radius 3 is 2.35 bits per heavy atom. The number of carbonyl (C=O) groups excluding carboxylic acids is 1. The third-order valence-corrected chi connectivity index (χ3v) is 3.38. The van der Waals surface area contributed by atoms with E-state index in [0.29, 0.717) is 12.1 Å². The summed E-state index contributed by atoms with van der Waals surface area (Å²) in [5.74, 6) is -0.455. The number of aromatic nitrogens is 2. The molecule has 1 heterocycles. The summed E-state index contributed by atoms with van der Waals surface area (Å²) in [7, 11) is 0. The highest BCUT2D eigenvalue weighted by molar-refractivity contribution is 6.39. The smallest absolute Gasteiger partial charge is 0.310 e.